The largest absolute Gasteiger partial charge is 0.315 e. The summed E-state index contributed by atoms with van der Waals surface area (Å²) in [6, 6.07) is 13.9. The summed E-state index contributed by atoms with van der Waals surface area (Å²) in [4.78, 5) is 33.2. The van der Waals surface area contributed by atoms with Crippen LogP contribution in [-0.4, -0.2) is 15.5 Å². The third-order valence-electron chi connectivity index (χ3n) is 5.49. The van der Waals surface area contributed by atoms with Crippen molar-refractivity contribution in [1.82, 2.24) is 9.55 Å². The minimum Gasteiger partial charge on any atom is -0.315 e. The summed E-state index contributed by atoms with van der Waals surface area (Å²) < 4.78 is 1.40. The van der Waals surface area contributed by atoms with E-state index in [1.54, 1.807) is 6.92 Å². The smallest absolute Gasteiger partial charge is 0.262 e. The minimum atomic E-state index is -0.332. The topological polar surface area (TPSA) is 87.8 Å². The van der Waals surface area contributed by atoms with Gasteiger partial charge in [0.15, 0.2) is 0 Å². The first-order chi connectivity index (χ1) is 15.0. The molecule has 1 amide bonds. The molecular formula is C23H18N4O2S2. The van der Waals surface area contributed by atoms with Crippen molar-refractivity contribution >= 4 is 43.8 Å². The van der Waals surface area contributed by atoms with Crippen LogP contribution in [0.5, 0.6) is 0 Å². The van der Waals surface area contributed by atoms with Crippen molar-refractivity contribution in [2.45, 2.75) is 32.7 Å². The number of hydrogen-bond donors (Lipinski definition) is 1. The number of nitriles is 1. The van der Waals surface area contributed by atoms with Crippen LogP contribution in [0, 0.1) is 18.3 Å². The number of carbonyl (C=O) groups is 1. The number of thiophene rings is 2. The third-order valence-corrected chi connectivity index (χ3v) is 7.77. The lowest BCUT2D eigenvalue weighted by Gasteiger charge is -2.09. The molecule has 0 bridgehead atoms. The van der Waals surface area contributed by atoms with Crippen molar-refractivity contribution in [3.8, 4) is 16.5 Å². The average Bonchev–Trinajstić information content (AvgIpc) is 3.46. The van der Waals surface area contributed by atoms with Gasteiger partial charge in [0.05, 0.1) is 10.9 Å². The molecular weight excluding hydrogens is 428 g/mol. The highest BCUT2D eigenvalue weighted by Gasteiger charge is 2.23. The number of anilines is 1. The molecule has 4 aromatic rings. The second-order valence-electron chi connectivity index (χ2n) is 7.47. The molecule has 1 aliphatic rings. The van der Waals surface area contributed by atoms with Gasteiger partial charge in [0, 0.05) is 9.75 Å². The molecule has 6 nitrogen and oxygen atoms in total. The molecule has 0 radical (unpaired) electrons. The van der Waals surface area contributed by atoms with Crippen molar-refractivity contribution < 1.29 is 4.79 Å². The zero-order valence-corrected chi connectivity index (χ0v) is 18.4. The summed E-state index contributed by atoms with van der Waals surface area (Å²) in [5.74, 6) is 0.157. The van der Waals surface area contributed by atoms with Gasteiger partial charge in [-0.15, -0.1) is 22.7 Å². The molecule has 0 unspecified atom stereocenters. The molecule has 1 aliphatic carbocycles. The van der Waals surface area contributed by atoms with E-state index in [9.17, 15) is 14.9 Å². The Morgan fingerprint density at radius 2 is 2.06 bits per heavy atom. The number of amides is 1. The zero-order chi connectivity index (χ0) is 21.5. The summed E-state index contributed by atoms with van der Waals surface area (Å²) in [7, 11) is 0. The summed E-state index contributed by atoms with van der Waals surface area (Å²) in [5, 5.41) is 13.5. The Hall–Kier alpha value is -3.28. The second-order valence-corrected chi connectivity index (χ2v) is 9.60. The molecule has 5 rings (SSSR count). The van der Waals surface area contributed by atoms with E-state index in [-0.39, 0.29) is 18.0 Å². The van der Waals surface area contributed by atoms with Gasteiger partial charge in [-0.25, -0.2) is 4.98 Å². The lowest BCUT2D eigenvalue weighted by atomic mass is 10.1. The maximum atomic E-state index is 13.1. The van der Waals surface area contributed by atoms with Crippen molar-refractivity contribution in [3.63, 3.8) is 0 Å². The number of fused-ring (bicyclic) bond motifs is 2. The van der Waals surface area contributed by atoms with Gasteiger partial charge in [-0.05, 0) is 43.4 Å². The van der Waals surface area contributed by atoms with Crippen LogP contribution in [0.25, 0.3) is 20.7 Å². The van der Waals surface area contributed by atoms with Crippen LogP contribution in [0.3, 0.4) is 0 Å². The highest BCUT2D eigenvalue weighted by Crippen LogP contribution is 2.38. The Balaban J connectivity index is 1.45. The van der Waals surface area contributed by atoms with Gasteiger partial charge in [-0.2, -0.15) is 5.26 Å². The van der Waals surface area contributed by atoms with E-state index in [0.717, 1.165) is 35.3 Å². The molecule has 1 aromatic carbocycles. The molecule has 0 saturated heterocycles. The molecule has 31 heavy (non-hydrogen) atoms. The van der Waals surface area contributed by atoms with E-state index in [0.29, 0.717) is 26.6 Å². The lowest BCUT2D eigenvalue weighted by molar-refractivity contribution is -0.116. The van der Waals surface area contributed by atoms with E-state index < -0.39 is 0 Å². The standard InChI is InChI=1S/C23H18N4O2S2/c1-13-25-21-16(10-19(31-21)14-6-3-2-4-7-14)23(29)27(13)12-20(28)26-22-17(11-24)15-8-5-9-18(15)30-22/h2-4,6-7,10H,5,8-9,12H2,1H3,(H,26,28). The maximum Gasteiger partial charge on any atom is 0.262 e. The van der Waals surface area contributed by atoms with E-state index in [2.05, 4.69) is 16.4 Å². The predicted molar refractivity (Wildman–Crippen MR) is 124 cm³/mol. The van der Waals surface area contributed by atoms with E-state index >= 15 is 0 Å². The fourth-order valence-electron chi connectivity index (χ4n) is 3.97. The first-order valence-electron chi connectivity index (χ1n) is 9.96. The summed E-state index contributed by atoms with van der Waals surface area (Å²) in [6.07, 6.45) is 2.88. The van der Waals surface area contributed by atoms with E-state index in [4.69, 9.17) is 0 Å². The van der Waals surface area contributed by atoms with Crippen molar-refractivity contribution in [3.05, 3.63) is 68.6 Å². The Labute approximate surface area is 186 Å². The number of benzene rings is 1. The van der Waals surface area contributed by atoms with Gasteiger partial charge in [-0.3, -0.25) is 14.2 Å². The number of nitrogens with zero attached hydrogens (tertiary/aromatic N) is 3. The lowest BCUT2D eigenvalue weighted by Crippen LogP contribution is -2.29. The normalized spacial score (nSPS) is 12.6. The zero-order valence-electron chi connectivity index (χ0n) is 16.8. The molecule has 0 spiro atoms. The molecule has 3 aromatic heterocycles. The number of aromatic nitrogens is 2. The van der Waals surface area contributed by atoms with Crippen LogP contribution in [-0.2, 0) is 24.2 Å². The highest BCUT2D eigenvalue weighted by molar-refractivity contribution is 7.21. The van der Waals surface area contributed by atoms with Gasteiger partial charge in [0.1, 0.15) is 28.3 Å². The number of rotatable bonds is 4. The van der Waals surface area contributed by atoms with Gasteiger partial charge in [0.25, 0.3) is 5.56 Å². The molecule has 1 N–H and O–H groups in total. The Bertz CT molecular complexity index is 1420. The van der Waals surface area contributed by atoms with E-state index in [1.165, 1.54) is 32.1 Å². The van der Waals surface area contributed by atoms with Gasteiger partial charge < -0.3 is 5.32 Å². The Morgan fingerprint density at radius 3 is 2.84 bits per heavy atom. The predicted octanol–water partition coefficient (Wildman–Crippen LogP) is 4.49. The fourth-order valence-corrected chi connectivity index (χ4v) is 6.30. The Kier molecular flexibility index (Phi) is 4.93. The van der Waals surface area contributed by atoms with E-state index in [1.807, 2.05) is 36.4 Å². The second kappa shape index (κ2) is 7.76. The maximum absolute atomic E-state index is 13.1. The van der Waals surface area contributed by atoms with Gasteiger partial charge in [0.2, 0.25) is 5.91 Å². The number of aryl methyl sites for hydroxylation is 2. The fraction of sp³-hybridized carbons (Fsp3) is 0.217. The number of carbonyl (C=O) groups excluding carboxylic acids is 1. The SMILES string of the molecule is Cc1nc2sc(-c3ccccc3)cc2c(=O)n1CC(=O)Nc1sc2c(c1C#N)CCC2. The van der Waals surface area contributed by atoms with Crippen LogP contribution >= 0.6 is 22.7 Å². The molecule has 0 fully saturated rings. The summed E-state index contributed by atoms with van der Waals surface area (Å²) >= 11 is 2.94. The van der Waals surface area contributed by atoms with Crippen LogP contribution in [0.2, 0.25) is 0 Å². The first-order valence-corrected chi connectivity index (χ1v) is 11.6. The Morgan fingerprint density at radius 1 is 1.26 bits per heavy atom. The third kappa shape index (κ3) is 3.46. The quantitative estimate of drug-likeness (QED) is 0.500. The minimum absolute atomic E-state index is 0.141. The molecule has 3 heterocycles. The van der Waals surface area contributed by atoms with Crippen LogP contribution < -0.4 is 10.9 Å². The van der Waals surface area contributed by atoms with Gasteiger partial charge >= 0.3 is 0 Å². The average molecular weight is 447 g/mol. The number of hydrogen-bond acceptors (Lipinski definition) is 6. The van der Waals surface area contributed by atoms with Crippen molar-refractivity contribution in [2.24, 2.45) is 0 Å². The molecule has 8 heteroatoms. The van der Waals surface area contributed by atoms with Crippen LogP contribution in [0.4, 0.5) is 5.00 Å². The molecule has 0 aliphatic heterocycles. The molecule has 0 saturated carbocycles. The number of nitrogens with one attached hydrogen (secondary N) is 1. The summed E-state index contributed by atoms with van der Waals surface area (Å²) in [6.45, 7) is 1.59. The van der Waals surface area contributed by atoms with Crippen LogP contribution in [0.15, 0.2) is 41.2 Å². The van der Waals surface area contributed by atoms with Crippen molar-refractivity contribution in [1.29, 1.82) is 5.26 Å². The first kappa shape index (κ1) is 19.7. The molecule has 154 valence electrons. The van der Waals surface area contributed by atoms with Crippen LogP contribution in [0.1, 0.15) is 28.2 Å². The monoisotopic (exact) mass is 446 g/mol. The molecule has 0 atom stereocenters. The highest BCUT2D eigenvalue weighted by atomic mass is 32.1. The van der Waals surface area contributed by atoms with Gasteiger partial charge in [-0.1, -0.05) is 30.3 Å². The summed E-state index contributed by atoms with van der Waals surface area (Å²) in [5.41, 5.74) is 2.42. The van der Waals surface area contributed by atoms with Crippen molar-refractivity contribution in [2.75, 3.05) is 5.32 Å².